The Kier molecular flexibility index (Phi) is 6.35. The van der Waals surface area contributed by atoms with Crippen LogP contribution in [0, 0.1) is 5.41 Å². The highest BCUT2D eigenvalue weighted by Crippen LogP contribution is 2.51. The fraction of sp³-hybridized carbons (Fsp3) is 0.476. The molecule has 0 fully saturated rings. The second-order valence-corrected chi connectivity index (χ2v) is 6.80. The Balaban J connectivity index is 2.80. The van der Waals surface area contributed by atoms with Gasteiger partial charge in [-0.25, -0.2) is 0 Å². The van der Waals surface area contributed by atoms with Gasteiger partial charge in [-0.3, -0.25) is 4.79 Å². The molecule has 0 N–H and O–H groups in total. The number of hydrogen-bond donors (Lipinski definition) is 0. The van der Waals surface area contributed by atoms with E-state index >= 15 is 0 Å². The SMILES string of the molecule is CCOc1c(OCC)c(OC(=O)C(C)(C)C)c2ccccc2c1OCC. The summed E-state index contributed by atoms with van der Waals surface area (Å²) in [4.78, 5) is 12.6. The molecule has 0 heterocycles. The van der Waals surface area contributed by atoms with Crippen molar-refractivity contribution in [3.8, 4) is 23.0 Å². The lowest BCUT2D eigenvalue weighted by Gasteiger charge is -2.23. The van der Waals surface area contributed by atoms with Gasteiger partial charge in [-0.05, 0) is 41.5 Å². The Hall–Kier alpha value is -2.43. The molecule has 5 nitrogen and oxygen atoms in total. The van der Waals surface area contributed by atoms with Crippen LogP contribution in [0.1, 0.15) is 41.5 Å². The van der Waals surface area contributed by atoms with Crippen molar-refractivity contribution in [1.82, 2.24) is 0 Å². The Labute approximate surface area is 155 Å². The van der Waals surface area contributed by atoms with Crippen LogP contribution in [-0.2, 0) is 4.79 Å². The predicted octanol–water partition coefficient (Wildman–Crippen LogP) is 4.99. The van der Waals surface area contributed by atoms with Crippen LogP contribution >= 0.6 is 0 Å². The van der Waals surface area contributed by atoms with E-state index in [4.69, 9.17) is 18.9 Å². The third-order valence-electron chi connectivity index (χ3n) is 3.71. The summed E-state index contributed by atoms with van der Waals surface area (Å²) in [5.74, 6) is 1.49. The zero-order chi connectivity index (χ0) is 19.3. The van der Waals surface area contributed by atoms with Crippen LogP contribution < -0.4 is 18.9 Å². The van der Waals surface area contributed by atoms with Gasteiger partial charge in [-0.15, -0.1) is 0 Å². The van der Waals surface area contributed by atoms with Gasteiger partial charge in [0.1, 0.15) is 0 Å². The van der Waals surface area contributed by atoms with Gasteiger partial charge in [0.15, 0.2) is 11.5 Å². The van der Waals surface area contributed by atoms with Gasteiger partial charge in [-0.2, -0.15) is 0 Å². The highest BCUT2D eigenvalue weighted by molar-refractivity contribution is 6.00. The van der Waals surface area contributed by atoms with Gasteiger partial charge in [0.2, 0.25) is 11.5 Å². The van der Waals surface area contributed by atoms with Gasteiger partial charge in [-0.1, -0.05) is 24.3 Å². The van der Waals surface area contributed by atoms with E-state index in [1.54, 1.807) is 0 Å². The smallest absolute Gasteiger partial charge is 0.316 e. The topological polar surface area (TPSA) is 54.0 Å². The van der Waals surface area contributed by atoms with E-state index in [-0.39, 0.29) is 5.97 Å². The molecule has 0 unspecified atom stereocenters. The summed E-state index contributed by atoms with van der Waals surface area (Å²) < 4.78 is 23.4. The molecule has 26 heavy (non-hydrogen) atoms. The van der Waals surface area contributed by atoms with Crippen molar-refractivity contribution in [2.45, 2.75) is 41.5 Å². The third-order valence-corrected chi connectivity index (χ3v) is 3.71. The van der Waals surface area contributed by atoms with E-state index in [2.05, 4.69) is 0 Å². The molecule has 0 aliphatic heterocycles. The first-order valence-corrected chi connectivity index (χ1v) is 9.04. The first-order valence-electron chi connectivity index (χ1n) is 9.04. The fourth-order valence-electron chi connectivity index (χ4n) is 2.52. The second-order valence-electron chi connectivity index (χ2n) is 6.80. The highest BCUT2D eigenvalue weighted by atomic mass is 16.6. The summed E-state index contributed by atoms with van der Waals surface area (Å²) in [6.07, 6.45) is 0. The Morgan fingerprint density at radius 1 is 0.769 bits per heavy atom. The minimum absolute atomic E-state index is 0.338. The average molecular weight is 360 g/mol. The van der Waals surface area contributed by atoms with Crippen LogP contribution in [0.5, 0.6) is 23.0 Å². The molecular weight excluding hydrogens is 332 g/mol. The lowest BCUT2D eigenvalue weighted by atomic mass is 9.97. The molecule has 0 aromatic heterocycles. The third kappa shape index (κ3) is 4.03. The van der Waals surface area contributed by atoms with Crippen molar-refractivity contribution in [1.29, 1.82) is 0 Å². The standard InChI is InChI=1S/C21H28O5/c1-7-23-16-14-12-10-11-13-15(14)17(26-20(22)21(4,5)6)19(25-9-3)18(16)24-8-2/h10-13H,7-9H2,1-6H3. The van der Waals surface area contributed by atoms with Gasteiger partial charge in [0, 0.05) is 10.8 Å². The zero-order valence-corrected chi connectivity index (χ0v) is 16.5. The molecule has 142 valence electrons. The minimum atomic E-state index is -0.644. The quantitative estimate of drug-likeness (QED) is 0.514. The molecule has 2 aromatic carbocycles. The summed E-state index contributed by atoms with van der Waals surface area (Å²) in [5.41, 5.74) is -0.644. The van der Waals surface area contributed by atoms with Crippen molar-refractivity contribution in [2.24, 2.45) is 5.41 Å². The molecule has 0 aliphatic rings. The Morgan fingerprint density at radius 3 is 1.65 bits per heavy atom. The number of esters is 1. The monoisotopic (exact) mass is 360 g/mol. The van der Waals surface area contributed by atoms with Crippen molar-refractivity contribution >= 4 is 16.7 Å². The van der Waals surface area contributed by atoms with E-state index in [0.717, 1.165) is 10.8 Å². The summed E-state index contributed by atoms with van der Waals surface area (Å²) >= 11 is 0. The van der Waals surface area contributed by atoms with Crippen LogP contribution in [-0.4, -0.2) is 25.8 Å². The molecule has 0 saturated heterocycles. The largest absolute Gasteiger partial charge is 0.489 e. The molecular formula is C21H28O5. The highest BCUT2D eigenvalue weighted by Gasteiger charge is 2.30. The predicted molar refractivity (Wildman–Crippen MR) is 103 cm³/mol. The first-order chi connectivity index (χ1) is 12.3. The van der Waals surface area contributed by atoms with Crippen molar-refractivity contribution in [3.63, 3.8) is 0 Å². The fourth-order valence-corrected chi connectivity index (χ4v) is 2.52. The average Bonchev–Trinajstić information content (AvgIpc) is 2.59. The maximum absolute atomic E-state index is 12.6. The molecule has 5 heteroatoms. The first kappa shape index (κ1) is 19.9. The summed E-state index contributed by atoms with van der Waals surface area (Å²) in [6, 6.07) is 7.62. The number of carbonyl (C=O) groups is 1. The van der Waals surface area contributed by atoms with Crippen LogP contribution in [0.15, 0.2) is 24.3 Å². The summed E-state index contributed by atoms with van der Waals surface area (Å²) in [6.45, 7) is 12.5. The number of fused-ring (bicyclic) bond motifs is 1. The molecule has 0 aliphatic carbocycles. The van der Waals surface area contributed by atoms with E-state index in [1.165, 1.54) is 0 Å². The molecule has 2 aromatic rings. The normalized spacial score (nSPS) is 11.3. The van der Waals surface area contributed by atoms with Gasteiger partial charge < -0.3 is 18.9 Å². The molecule has 0 atom stereocenters. The number of hydrogen-bond acceptors (Lipinski definition) is 5. The van der Waals surface area contributed by atoms with Gasteiger partial charge >= 0.3 is 5.97 Å². The van der Waals surface area contributed by atoms with Gasteiger partial charge in [0.25, 0.3) is 0 Å². The van der Waals surface area contributed by atoms with E-state index < -0.39 is 5.41 Å². The molecule has 0 spiro atoms. The zero-order valence-electron chi connectivity index (χ0n) is 16.5. The molecule has 0 bridgehead atoms. The summed E-state index contributed by atoms with van der Waals surface area (Å²) in [5, 5.41) is 1.57. The van der Waals surface area contributed by atoms with Crippen molar-refractivity contribution < 1.29 is 23.7 Å². The number of benzene rings is 2. The van der Waals surface area contributed by atoms with Crippen molar-refractivity contribution in [3.05, 3.63) is 24.3 Å². The van der Waals surface area contributed by atoms with Crippen LogP contribution in [0.2, 0.25) is 0 Å². The van der Waals surface area contributed by atoms with Gasteiger partial charge in [0.05, 0.1) is 25.2 Å². The number of rotatable bonds is 7. The van der Waals surface area contributed by atoms with E-state index in [9.17, 15) is 4.79 Å². The number of ether oxygens (including phenoxy) is 4. The molecule has 0 radical (unpaired) electrons. The summed E-state index contributed by atoms with van der Waals surface area (Å²) in [7, 11) is 0. The van der Waals surface area contributed by atoms with E-state index in [1.807, 2.05) is 65.8 Å². The van der Waals surface area contributed by atoms with Crippen LogP contribution in [0.3, 0.4) is 0 Å². The second kappa shape index (κ2) is 8.30. The molecule has 2 rings (SSSR count). The number of carbonyl (C=O) groups excluding carboxylic acids is 1. The van der Waals surface area contributed by atoms with Crippen molar-refractivity contribution in [2.75, 3.05) is 19.8 Å². The lowest BCUT2D eigenvalue weighted by Crippen LogP contribution is -2.26. The lowest BCUT2D eigenvalue weighted by molar-refractivity contribution is -0.143. The van der Waals surface area contributed by atoms with Crippen LogP contribution in [0.25, 0.3) is 10.8 Å². The van der Waals surface area contributed by atoms with Crippen LogP contribution in [0.4, 0.5) is 0 Å². The maximum atomic E-state index is 12.6. The minimum Gasteiger partial charge on any atom is -0.489 e. The maximum Gasteiger partial charge on any atom is 0.316 e. The Bertz CT molecular complexity index is 774. The van der Waals surface area contributed by atoms with E-state index in [0.29, 0.717) is 42.8 Å². The Morgan fingerprint density at radius 2 is 1.19 bits per heavy atom. The molecule has 0 amide bonds. The molecule has 0 saturated carbocycles.